The van der Waals surface area contributed by atoms with Crippen LogP contribution < -0.4 is 10.3 Å². The average Bonchev–Trinajstić information content (AvgIpc) is 3.04. The normalized spacial score (nSPS) is 10.8. The number of hydrogen-bond acceptors (Lipinski definition) is 7. The number of carbonyl (C=O) groups is 1. The van der Waals surface area contributed by atoms with Crippen molar-refractivity contribution in [1.82, 2.24) is 10.4 Å². The Morgan fingerprint density at radius 3 is 2.88 bits per heavy atom. The standard InChI is InChI=1S/C15H17N5O3S/c1-3-19(4-2)15-16-9-13(24-15)10-17-18-14(21)11-6-5-7-12(8-11)20(22)23/h5-10H,3-4H2,1-2H3,(H,18,21)/b17-10-. The number of non-ortho nitro benzene ring substituents is 1. The van der Waals surface area contributed by atoms with Crippen LogP contribution in [0, 0.1) is 10.1 Å². The van der Waals surface area contributed by atoms with Gasteiger partial charge in [0.2, 0.25) is 0 Å². The van der Waals surface area contributed by atoms with Crippen LogP contribution in [-0.2, 0) is 0 Å². The summed E-state index contributed by atoms with van der Waals surface area (Å²) in [7, 11) is 0. The highest BCUT2D eigenvalue weighted by Gasteiger charge is 2.11. The lowest BCUT2D eigenvalue weighted by atomic mass is 10.2. The fourth-order valence-electron chi connectivity index (χ4n) is 1.96. The summed E-state index contributed by atoms with van der Waals surface area (Å²) in [6.07, 6.45) is 3.18. The van der Waals surface area contributed by atoms with Crippen LogP contribution in [0.25, 0.3) is 0 Å². The Bertz CT molecular complexity index is 755. The molecule has 0 aliphatic rings. The number of rotatable bonds is 7. The minimum atomic E-state index is -0.549. The highest BCUT2D eigenvalue weighted by Crippen LogP contribution is 2.20. The van der Waals surface area contributed by atoms with E-state index in [2.05, 4.69) is 34.3 Å². The van der Waals surface area contributed by atoms with Crippen molar-refractivity contribution in [3.63, 3.8) is 0 Å². The molecule has 126 valence electrons. The van der Waals surface area contributed by atoms with Gasteiger partial charge >= 0.3 is 0 Å². The first kappa shape index (κ1) is 17.5. The molecule has 0 aliphatic carbocycles. The summed E-state index contributed by atoms with van der Waals surface area (Å²) in [6.45, 7) is 5.84. The number of benzene rings is 1. The molecule has 0 bridgehead atoms. The topological polar surface area (TPSA) is 101 Å². The van der Waals surface area contributed by atoms with Crippen LogP contribution in [0.5, 0.6) is 0 Å². The predicted octanol–water partition coefficient (Wildman–Crippen LogP) is 2.66. The van der Waals surface area contributed by atoms with E-state index in [0.29, 0.717) is 0 Å². The molecular formula is C15H17N5O3S. The van der Waals surface area contributed by atoms with E-state index in [-0.39, 0.29) is 11.3 Å². The lowest BCUT2D eigenvalue weighted by Crippen LogP contribution is -2.21. The second kappa shape index (κ2) is 8.16. The predicted molar refractivity (Wildman–Crippen MR) is 93.8 cm³/mol. The maximum Gasteiger partial charge on any atom is 0.271 e. The van der Waals surface area contributed by atoms with Crippen molar-refractivity contribution < 1.29 is 9.72 Å². The first-order valence-corrected chi connectivity index (χ1v) is 8.15. The monoisotopic (exact) mass is 347 g/mol. The third-order valence-electron chi connectivity index (χ3n) is 3.22. The van der Waals surface area contributed by atoms with Crippen LogP contribution in [0.15, 0.2) is 35.6 Å². The Hall–Kier alpha value is -2.81. The van der Waals surface area contributed by atoms with Crippen molar-refractivity contribution >= 4 is 34.3 Å². The van der Waals surface area contributed by atoms with Crippen LogP contribution in [0.3, 0.4) is 0 Å². The number of hydrogen-bond donors (Lipinski definition) is 1. The van der Waals surface area contributed by atoms with E-state index in [1.54, 1.807) is 6.20 Å². The minimum absolute atomic E-state index is 0.141. The molecule has 1 amide bonds. The lowest BCUT2D eigenvalue weighted by molar-refractivity contribution is -0.384. The van der Waals surface area contributed by atoms with Gasteiger partial charge in [0.15, 0.2) is 5.13 Å². The van der Waals surface area contributed by atoms with E-state index in [1.807, 2.05) is 0 Å². The molecule has 0 radical (unpaired) electrons. The van der Waals surface area contributed by atoms with E-state index in [4.69, 9.17) is 0 Å². The van der Waals surface area contributed by atoms with Gasteiger partial charge in [-0.1, -0.05) is 17.4 Å². The second-order valence-corrected chi connectivity index (χ2v) is 5.76. The molecule has 1 aromatic carbocycles. The summed E-state index contributed by atoms with van der Waals surface area (Å²) >= 11 is 1.47. The maximum absolute atomic E-state index is 11.9. The zero-order chi connectivity index (χ0) is 17.5. The Morgan fingerprint density at radius 1 is 1.46 bits per heavy atom. The van der Waals surface area contributed by atoms with Crippen molar-refractivity contribution in [2.24, 2.45) is 5.10 Å². The first-order chi connectivity index (χ1) is 11.5. The second-order valence-electron chi connectivity index (χ2n) is 4.72. The number of carbonyl (C=O) groups excluding carboxylic acids is 1. The van der Waals surface area contributed by atoms with Crippen molar-refractivity contribution in [1.29, 1.82) is 0 Å². The number of thiazole rings is 1. The van der Waals surface area contributed by atoms with Gasteiger partial charge < -0.3 is 4.90 Å². The van der Waals surface area contributed by atoms with Crippen molar-refractivity contribution in [3.8, 4) is 0 Å². The summed E-state index contributed by atoms with van der Waals surface area (Å²) in [4.78, 5) is 29.3. The van der Waals surface area contributed by atoms with Crippen LogP contribution in [-0.4, -0.2) is 35.1 Å². The molecule has 1 N–H and O–H groups in total. The highest BCUT2D eigenvalue weighted by atomic mass is 32.1. The Balaban J connectivity index is 2.00. The molecule has 0 unspecified atom stereocenters. The van der Waals surface area contributed by atoms with E-state index in [9.17, 15) is 14.9 Å². The molecule has 0 atom stereocenters. The van der Waals surface area contributed by atoms with Crippen LogP contribution >= 0.6 is 11.3 Å². The zero-order valence-electron chi connectivity index (χ0n) is 13.3. The first-order valence-electron chi connectivity index (χ1n) is 7.33. The quantitative estimate of drug-likeness (QED) is 0.471. The van der Waals surface area contributed by atoms with Gasteiger partial charge in [-0.2, -0.15) is 5.10 Å². The molecule has 1 heterocycles. The highest BCUT2D eigenvalue weighted by molar-refractivity contribution is 7.17. The summed E-state index contributed by atoms with van der Waals surface area (Å²) in [5.41, 5.74) is 2.39. The molecule has 8 nitrogen and oxygen atoms in total. The number of nitro benzene ring substituents is 1. The number of anilines is 1. The third-order valence-corrected chi connectivity index (χ3v) is 4.22. The fraction of sp³-hybridized carbons (Fsp3) is 0.267. The molecule has 0 fully saturated rings. The number of aromatic nitrogens is 1. The Morgan fingerprint density at radius 2 is 2.21 bits per heavy atom. The Labute approximate surface area is 143 Å². The van der Waals surface area contributed by atoms with Crippen LogP contribution in [0.4, 0.5) is 10.8 Å². The molecule has 9 heteroatoms. The number of hydrazone groups is 1. The summed E-state index contributed by atoms with van der Waals surface area (Å²) in [5, 5.41) is 15.5. The molecule has 1 aromatic heterocycles. The maximum atomic E-state index is 11.9. The van der Waals surface area contributed by atoms with Gasteiger partial charge in [-0.25, -0.2) is 10.4 Å². The van der Waals surface area contributed by atoms with Gasteiger partial charge in [0.1, 0.15) is 0 Å². The number of amides is 1. The molecule has 0 spiro atoms. The van der Waals surface area contributed by atoms with Gasteiger partial charge in [0, 0.05) is 37.0 Å². The SMILES string of the molecule is CCN(CC)c1ncc(/C=N\NC(=O)c2cccc([N+](=O)[O-])c2)s1. The largest absolute Gasteiger partial charge is 0.349 e. The molecule has 2 aromatic rings. The average molecular weight is 347 g/mol. The smallest absolute Gasteiger partial charge is 0.271 e. The molecule has 2 rings (SSSR count). The summed E-state index contributed by atoms with van der Waals surface area (Å²) in [5.74, 6) is -0.511. The number of nitro groups is 1. The zero-order valence-corrected chi connectivity index (χ0v) is 14.1. The summed E-state index contributed by atoms with van der Waals surface area (Å²) in [6, 6.07) is 5.47. The minimum Gasteiger partial charge on any atom is -0.349 e. The third kappa shape index (κ3) is 4.35. The lowest BCUT2D eigenvalue weighted by Gasteiger charge is -2.16. The van der Waals surface area contributed by atoms with Crippen molar-refractivity contribution in [2.75, 3.05) is 18.0 Å². The number of nitrogens with zero attached hydrogens (tertiary/aromatic N) is 4. The van der Waals surface area contributed by atoms with Crippen LogP contribution in [0.2, 0.25) is 0 Å². The van der Waals surface area contributed by atoms with E-state index >= 15 is 0 Å². The molecule has 0 aliphatic heterocycles. The van der Waals surface area contributed by atoms with Gasteiger partial charge in [0.05, 0.1) is 16.0 Å². The molecule has 0 saturated heterocycles. The van der Waals surface area contributed by atoms with Crippen LogP contribution in [0.1, 0.15) is 29.1 Å². The van der Waals surface area contributed by atoms with E-state index in [0.717, 1.165) is 23.1 Å². The molecule has 0 saturated carbocycles. The number of nitrogens with one attached hydrogen (secondary N) is 1. The van der Waals surface area contributed by atoms with Gasteiger partial charge in [-0.05, 0) is 19.9 Å². The Kier molecular flexibility index (Phi) is 5.96. The van der Waals surface area contributed by atoms with E-state index in [1.165, 1.54) is 41.8 Å². The fourth-order valence-corrected chi connectivity index (χ4v) is 2.87. The van der Waals surface area contributed by atoms with Crippen molar-refractivity contribution in [3.05, 3.63) is 51.0 Å². The molecular weight excluding hydrogens is 330 g/mol. The van der Waals surface area contributed by atoms with E-state index < -0.39 is 10.8 Å². The molecule has 24 heavy (non-hydrogen) atoms. The van der Waals surface area contributed by atoms with Gasteiger partial charge in [-0.15, -0.1) is 0 Å². The van der Waals surface area contributed by atoms with Gasteiger partial charge in [-0.3, -0.25) is 14.9 Å². The summed E-state index contributed by atoms with van der Waals surface area (Å²) < 4.78 is 0. The van der Waals surface area contributed by atoms with Crippen molar-refractivity contribution in [2.45, 2.75) is 13.8 Å². The van der Waals surface area contributed by atoms with Gasteiger partial charge in [0.25, 0.3) is 11.6 Å².